The fraction of sp³-hybridized carbons (Fsp3) is 0.458. The van der Waals surface area contributed by atoms with E-state index in [1.807, 2.05) is 0 Å². The van der Waals surface area contributed by atoms with Crippen LogP contribution < -0.4 is 15.8 Å². The summed E-state index contributed by atoms with van der Waals surface area (Å²) >= 11 is 0. The molecule has 3 N–H and O–H groups in total. The molecule has 210 valence electrons. The number of amides is 1. The lowest BCUT2D eigenvalue weighted by atomic mass is 9.78. The second-order valence-electron chi connectivity index (χ2n) is 10.1. The lowest BCUT2D eigenvalue weighted by molar-refractivity contribution is 0.102. The Balaban J connectivity index is 1.58. The summed E-state index contributed by atoms with van der Waals surface area (Å²) < 4.78 is 74.7. The van der Waals surface area contributed by atoms with Gasteiger partial charge < -0.3 is 15.8 Å². The van der Waals surface area contributed by atoms with Gasteiger partial charge in [0.05, 0.1) is 18.6 Å². The van der Waals surface area contributed by atoms with Crippen LogP contribution >= 0.6 is 0 Å². The SMILES string of the molecule is COc1ccc(C(=O)Nc2ccc(F)c([C@@]3(C)N=C(N)N(C)S(=O)(=O)[C@@]34CCN(S(=O)(=O)C3CC3)C4)c2)nc1. The largest absolute Gasteiger partial charge is 0.495 e. The van der Waals surface area contributed by atoms with Crippen LogP contribution in [0.5, 0.6) is 5.75 Å². The molecule has 2 fully saturated rings. The van der Waals surface area contributed by atoms with E-state index in [1.165, 1.54) is 49.8 Å². The van der Waals surface area contributed by atoms with Crippen molar-refractivity contribution >= 4 is 37.6 Å². The fourth-order valence-electron chi connectivity index (χ4n) is 5.30. The van der Waals surface area contributed by atoms with Crippen LogP contribution in [0.15, 0.2) is 41.5 Å². The highest BCUT2D eigenvalue weighted by atomic mass is 32.2. The van der Waals surface area contributed by atoms with Gasteiger partial charge >= 0.3 is 0 Å². The number of pyridine rings is 1. The van der Waals surface area contributed by atoms with Crippen LogP contribution in [0.25, 0.3) is 0 Å². The number of nitrogens with zero attached hydrogens (tertiary/aromatic N) is 4. The zero-order valence-electron chi connectivity index (χ0n) is 21.6. The minimum atomic E-state index is -4.31. The number of hydrogen-bond acceptors (Lipinski definition) is 9. The molecule has 1 aromatic carbocycles. The highest BCUT2D eigenvalue weighted by molar-refractivity contribution is 7.91. The van der Waals surface area contributed by atoms with Gasteiger partial charge in [0.2, 0.25) is 26.0 Å². The molecule has 1 amide bonds. The van der Waals surface area contributed by atoms with Crippen LogP contribution in [0.1, 0.15) is 42.2 Å². The summed E-state index contributed by atoms with van der Waals surface area (Å²) in [7, 11) is -5.33. The highest BCUT2D eigenvalue weighted by Crippen LogP contribution is 2.53. The maximum Gasteiger partial charge on any atom is 0.274 e. The Morgan fingerprint density at radius 2 is 1.97 bits per heavy atom. The number of anilines is 1. The summed E-state index contributed by atoms with van der Waals surface area (Å²) in [4.78, 5) is 21.3. The topological polar surface area (TPSA) is 164 Å². The van der Waals surface area contributed by atoms with Crippen LogP contribution in [-0.4, -0.2) is 79.5 Å². The molecule has 3 aliphatic rings. The van der Waals surface area contributed by atoms with Crippen molar-refractivity contribution in [3.8, 4) is 5.75 Å². The van der Waals surface area contributed by atoms with E-state index in [0.717, 1.165) is 10.4 Å². The van der Waals surface area contributed by atoms with Crippen LogP contribution in [0.2, 0.25) is 0 Å². The van der Waals surface area contributed by atoms with Crippen LogP contribution in [-0.2, 0) is 25.6 Å². The first-order valence-corrected chi connectivity index (χ1v) is 15.2. The number of nitrogens with two attached hydrogens (primary N) is 1. The number of benzene rings is 1. The average Bonchev–Trinajstić information content (AvgIpc) is 3.66. The third kappa shape index (κ3) is 4.14. The van der Waals surface area contributed by atoms with E-state index in [1.54, 1.807) is 6.07 Å². The van der Waals surface area contributed by atoms with Crippen molar-refractivity contribution < 1.29 is 30.8 Å². The summed E-state index contributed by atoms with van der Waals surface area (Å²) in [6, 6.07) is 6.73. The van der Waals surface area contributed by atoms with Crippen molar-refractivity contribution in [2.75, 3.05) is 32.6 Å². The summed E-state index contributed by atoms with van der Waals surface area (Å²) in [6.45, 7) is 0.975. The van der Waals surface area contributed by atoms with Gasteiger partial charge in [-0.15, -0.1) is 0 Å². The number of rotatable bonds is 6. The minimum Gasteiger partial charge on any atom is -0.495 e. The third-order valence-corrected chi connectivity index (χ3v) is 12.8. The number of methoxy groups -OCH3 is 1. The molecule has 1 aromatic heterocycles. The number of guanidine groups is 1. The first-order chi connectivity index (χ1) is 18.3. The molecule has 0 bridgehead atoms. The molecule has 2 aromatic rings. The van der Waals surface area contributed by atoms with Crippen molar-refractivity contribution in [2.45, 2.75) is 41.7 Å². The van der Waals surface area contributed by atoms with E-state index in [-0.39, 0.29) is 35.9 Å². The number of halogens is 1. The Bertz CT molecular complexity index is 1580. The second-order valence-corrected chi connectivity index (χ2v) is 14.6. The van der Waals surface area contributed by atoms with E-state index >= 15 is 4.39 Å². The normalized spacial score (nSPS) is 26.9. The minimum absolute atomic E-state index is 0.0574. The molecular weight excluding hydrogens is 551 g/mol. The highest BCUT2D eigenvalue weighted by Gasteiger charge is 2.67. The molecule has 2 aliphatic heterocycles. The Kier molecular flexibility index (Phi) is 6.38. The van der Waals surface area contributed by atoms with Gasteiger partial charge in [-0.05, 0) is 56.5 Å². The Labute approximate surface area is 226 Å². The third-order valence-electron chi connectivity index (χ3n) is 7.86. The molecule has 5 rings (SSSR count). The number of carbonyl (C=O) groups excluding carboxylic acids is 1. The van der Waals surface area contributed by atoms with Gasteiger partial charge in [-0.1, -0.05) is 0 Å². The molecule has 39 heavy (non-hydrogen) atoms. The van der Waals surface area contributed by atoms with Gasteiger partial charge in [-0.25, -0.2) is 35.5 Å². The first-order valence-electron chi connectivity index (χ1n) is 12.2. The van der Waals surface area contributed by atoms with Gasteiger partial charge in [-0.2, -0.15) is 4.31 Å². The summed E-state index contributed by atoms with van der Waals surface area (Å²) in [6.07, 6.45) is 2.28. The Morgan fingerprint density at radius 3 is 2.59 bits per heavy atom. The van der Waals surface area contributed by atoms with Crippen molar-refractivity contribution in [3.05, 3.63) is 53.6 Å². The number of aliphatic imine (C=N–C) groups is 1. The quantitative estimate of drug-likeness (QED) is 0.515. The van der Waals surface area contributed by atoms with Crippen molar-refractivity contribution in [3.63, 3.8) is 0 Å². The number of nitrogens with one attached hydrogen (secondary N) is 1. The standard InChI is InChI=1S/C24H29FN6O6S2/c1-23(18-12-15(4-8-19(18)25)28-21(32)20-9-5-16(37-3)13-27-20)24(39(35,36)30(2)22(26)29-23)10-11-31(14-24)38(33,34)17-6-7-17/h4-5,8-9,12-13,17H,6-7,10-11,14H2,1-3H3,(H2,26,29)(H,28,32)/t23-,24-/m1/s1. The molecule has 1 spiro atoms. The molecule has 1 aliphatic carbocycles. The fourth-order valence-corrected chi connectivity index (χ4v) is 9.42. The average molecular weight is 581 g/mol. The van der Waals surface area contributed by atoms with Crippen molar-refractivity contribution in [2.24, 2.45) is 10.7 Å². The van der Waals surface area contributed by atoms with Gasteiger partial charge in [0.25, 0.3) is 5.91 Å². The van der Waals surface area contributed by atoms with E-state index in [0.29, 0.717) is 18.6 Å². The van der Waals surface area contributed by atoms with Gasteiger partial charge in [0.1, 0.15) is 27.5 Å². The summed E-state index contributed by atoms with van der Waals surface area (Å²) in [5.41, 5.74) is 4.29. The molecular formula is C24H29FN6O6S2. The number of ether oxygens (including phenoxy) is 1. The van der Waals surface area contributed by atoms with Crippen LogP contribution in [0.4, 0.5) is 10.1 Å². The Morgan fingerprint density at radius 1 is 1.26 bits per heavy atom. The smallest absolute Gasteiger partial charge is 0.274 e. The molecule has 0 radical (unpaired) electrons. The predicted octanol–water partition coefficient (Wildman–Crippen LogP) is 1.22. The van der Waals surface area contributed by atoms with Gasteiger partial charge in [0.15, 0.2) is 0 Å². The van der Waals surface area contributed by atoms with Crippen LogP contribution in [0, 0.1) is 5.82 Å². The molecule has 1 saturated carbocycles. The zero-order valence-corrected chi connectivity index (χ0v) is 23.2. The second kappa shape index (κ2) is 9.13. The zero-order chi connectivity index (χ0) is 28.4. The van der Waals surface area contributed by atoms with Crippen molar-refractivity contribution in [1.82, 2.24) is 13.6 Å². The number of sulfonamides is 2. The first kappa shape index (κ1) is 27.3. The number of hydrogen-bond donors (Lipinski definition) is 2. The molecule has 15 heteroatoms. The lowest BCUT2D eigenvalue weighted by Crippen LogP contribution is -2.66. The van der Waals surface area contributed by atoms with E-state index in [2.05, 4.69) is 15.3 Å². The van der Waals surface area contributed by atoms with Gasteiger partial charge in [-0.3, -0.25) is 4.79 Å². The number of aromatic nitrogens is 1. The molecule has 0 unspecified atom stereocenters. The maximum atomic E-state index is 15.5. The predicted molar refractivity (Wildman–Crippen MR) is 142 cm³/mol. The van der Waals surface area contributed by atoms with Gasteiger partial charge in [0, 0.05) is 31.4 Å². The van der Waals surface area contributed by atoms with Crippen LogP contribution in [0.3, 0.4) is 0 Å². The van der Waals surface area contributed by atoms with E-state index < -0.39 is 53.9 Å². The summed E-state index contributed by atoms with van der Waals surface area (Å²) in [5.74, 6) is -1.26. The molecule has 3 heterocycles. The molecule has 2 atom stereocenters. The summed E-state index contributed by atoms with van der Waals surface area (Å²) in [5, 5.41) is 2.10. The Hall–Kier alpha value is -3.30. The van der Waals surface area contributed by atoms with Crippen molar-refractivity contribution in [1.29, 1.82) is 0 Å². The lowest BCUT2D eigenvalue weighted by Gasteiger charge is -2.48. The molecule has 12 nitrogen and oxygen atoms in total. The molecule has 1 saturated heterocycles. The van der Waals surface area contributed by atoms with E-state index in [4.69, 9.17) is 10.5 Å². The maximum absolute atomic E-state index is 15.5. The number of carbonyl (C=O) groups is 1. The monoisotopic (exact) mass is 580 g/mol. The van der Waals surface area contributed by atoms with E-state index in [9.17, 15) is 21.6 Å².